The molecule has 94 valence electrons. The van der Waals surface area contributed by atoms with Crippen LogP contribution >= 0.6 is 11.8 Å². The number of hydrogen-bond acceptors (Lipinski definition) is 5. The second-order valence-corrected chi connectivity index (χ2v) is 4.65. The van der Waals surface area contributed by atoms with Crippen LogP contribution in [0.5, 0.6) is 0 Å². The van der Waals surface area contributed by atoms with Gasteiger partial charge in [-0.1, -0.05) is 0 Å². The molecule has 0 bridgehead atoms. The third kappa shape index (κ3) is 2.73. The highest BCUT2D eigenvalue weighted by Gasteiger charge is 2.06. The van der Waals surface area contributed by atoms with E-state index in [2.05, 4.69) is 45.8 Å². The van der Waals surface area contributed by atoms with E-state index in [0.717, 1.165) is 17.3 Å². The lowest BCUT2D eigenvalue weighted by Gasteiger charge is -2.18. The van der Waals surface area contributed by atoms with Gasteiger partial charge in [0.05, 0.1) is 0 Å². The van der Waals surface area contributed by atoms with Crippen LogP contribution in [0.25, 0.3) is 0 Å². The highest BCUT2D eigenvalue weighted by Crippen LogP contribution is 2.25. The molecule has 0 atom stereocenters. The molecule has 1 N–H and O–H groups in total. The lowest BCUT2D eigenvalue weighted by atomic mass is 10.3. The van der Waals surface area contributed by atoms with E-state index in [1.807, 2.05) is 25.1 Å². The Bertz CT molecular complexity index is 513. The first kappa shape index (κ1) is 12.7. The van der Waals surface area contributed by atoms with Gasteiger partial charge in [0, 0.05) is 30.7 Å². The summed E-state index contributed by atoms with van der Waals surface area (Å²) in [5.41, 5.74) is 1.11. The number of benzene rings is 1. The van der Waals surface area contributed by atoms with Crippen molar-refractivity contribution in [2.24, 2.45) is 0 Å². The second-order valence-electron chi connectivity index (χ2n) is 3.77. The molecule has 0 spiro atoms. The summed E-state index contributed by atoms with van der Waals surface area (Å²) in [5.74, 6) is 1.68. The summed E-state index contributed by atoms with van der Waals surface area (Å²) in [6.45, 7) is 0. The van der Waals surface area contributed by atoms with Gasteiger partial charge in [0.25, 0.3) is 0 Å². The maximum atomic E-state index is 4.28. The Morgan fingerprint density at radius 3 is 2.50 bits per heavy atom. The predicted molar refractivity (Wildman–Crippen MR) is 77.9 cm³/mol. The summed E-state index contributed by atoms with van der Waals surface area (Å²) in [6, 6.07) is 10.3. The molecule has 2 rings (SSSR count). The van der Waals surface area contributed by atoms with Gasteiger partial charge in [0.15, 0.2) is 0 Å². The first-order valence-electron chi connectivity index (χ1n) is 5.62. The minimum absolute atomic E-state index is 0.813. The summed E-state index contributed by atoms with van der Waals surface area (Å²) in [5, 5.41) is 3.01. The molecule has 0 fully saturated rings. The minimum Gasteiger partial charge on any atom is -0.373 e. The van der Waals surface area contributed by atoms with Crippen molar-refractivity contribution in [3.05, 3.63) is 36.7 Å². The monoisotopic (exact) mass is 260 g/mol. The van der Waals surface area contributed by atoms with E-state index in [-0.39, 0.29) is 0 Å². The summed E-state index contributed by atoms with van der Waals surface area (Å²) >= 11 is 1.74. The van der Waals surface area contributed by atoms with Gasteiger partial charge in [0.2, 0.25) is 0 Å². The van der Waals surface area contributed by atoms with Crippen LogP contribution in [0.15, 0.2) is 41.6 Å². The third-order valence-electron chi connectivity index (χ3n) is 2.71. The highest BCUT2D eigenvalue weighted by molar-refractivity contribution is 7.98. The second kappa shape index (κ2) is 5.73. The quantitative estimate of drug-likeness (QED) is 0.856. The molecule has 18 heavy (non-hydrogen) atoms. The van der Waals surface area contributed by atoms with Crippen molar-refractivity contribution < 1.29 is 0 Å². The molecule has 0 aliphatic heterocycles. The van der Waals surface area contributed by atoms with Crippen molar-refractivity contribution in [2.75, 3.05) is 30.6 Å². The molecule has 4 nitrogen and oxygen atoms in total. The molecule has 0 amide bonds. The van der Waals surface area contributed by atoms with Crippen molar-refractivity contribution in [1.82, 2.24) is 9.97 Å². The van der Waals surface area contributed by atoms with Crippen LogP contribution in [0.4, 0.5) is 17.3 Å². The fourth-order valence-electron chi connectivity index (χ4n) is 1.61. The average molecular weight is 260 g/mol. The minimum atomic E-state index is 0.813. The number of nitrogens with zero attached hydrogens (tertiary/aromatic N) is 3. The maximum Gasteiger partial charge on any atom is 0.138 e. The van der Waals surface area contributed by atoms with E-state index in [9.17, 15) is 0 Å². The topological polar surface area (TPSA) is 41.0 Å². The standard InChI is InChI=1S/C13H16N4S/c1-14-12-8-13(16-9-15-12)17(2)10-4-6-11(18-3)7-5-10/h4-9H,1-3H3,(H,14,15,16). The summed E-state index contributed by atoms with van der Waals surface area (Å²) < 4.78 is 0. The molecular weight excluding hydrogens is 244 g/mol. The lowest BCUT2D eigenvalue weighted by Crippen LogP contribution is -2.11. The molecule has 2 aromatic rings. The zero-order valence-corrected chi connectivity index (χ0v) is 11.5. The Labute approximate surface area is 111 Å². The zero-order chi connectivity index (χ0) is 13.0. The summed E-state index contributed by atoms with van der Waals surface area (Å²) in [4.78, 5) is 11.7. The van der Waals surface area contributed by atoms with Crippen LogP contribution in [0.2, 0.25) is 0 Å². The first-order valence-corrected chi connectivity index (χ1v) is 6.84. The third-order valence-corrected chi connectivity index (χ3v) is 3.46. The number of thioether (sulfide) groups is 1. The van der Waals surface area contributed by atoms with Crippen LogP contribution in [-0.4, -0.2) is 30.3 Å². The van der Waals surface area contributed by atoms with Crippen molar-refractivity contribution in [3.63, 3.8) is 0 Å². The Morgan fingerprint density at radius 1 is 1.17 bits per heavy atom. The molecular formula is C13H16N4S. The SMILES string of the molecule is CNc1cc(N(C)c2ccc(SC)cc2)ncn1. The number of anilines is 3. The van der Waals surface area contributed by atoms with E-state index in [1.165, 1.54) is 4.90 Å². The number of aromatic nitrogens is 2. The molecule has 1 heterocycles. The van der Waals surface area contributed by atoms with Crippen LogP contribution in [0.1, 0.15) is 0 Å². The highest BCUT2D eigenvalue weighted by atomic mass is 32.2. The van der Waals surface area contributed by atoms with E-state index in [4.69, 9.17) is 0 Å². The average Bonchev–Trinajstić information content (AvgIpc) is 2.46. The Kier molecular flexibility index (Phi) is 4.04. The fraction of sp³-hybridized carbons (Fsp3) is 0.231. The molecule has 0 aliphatic carbocycles. The van der Waals surface area contributed by atoms with Gasteiger partial charge >= 0.3 is 0 Å². The normalized spacial score (nSPS) is 10.2. The summed E-state index contributed by atoms with van der Waals surface area (Å²) in [7, 11) is 3.84. The van der Waals surface area contributed by atoms with Crippen molar-refractivity contribution in [2.45, 2.75) is 4.90 Å². The van der Waals surface area contributed by atoms with Crippen LogP contribution < -0.4 is 10.2 Å². The lowest BCUT2D eigenvalue weighted by molar-refractivity contribution is 1.08. The molecule has 1 aromatic heterocycles. The largest absolute Gasteiger partial charge is 0.373 e. The van der Waals surface area contributed by atoms with Crippen LogP contribution in [0.3, 0.4) is 0 Å². The van der Waals surface area contributed by atoms with E-state index in [1.54, 1.807) is 18.1 Å². The number of nitrogens with one attached hydrogen (secondary N) is 1. The summed E-state index contributed by atoms with van der Waals surface area (Å²) in [6.07, 6.45) is 3.64. The van der Waals surface area contributed by atoms with Gasteiger partial charge in [-0.05, 0) is 30.5 Å². The molecule has 0 saturated heterocycles. The fourth-order valence-corrected chi connectivity index (χ4v) is 2.01. The van der Waals surface area contributed by atoms with E-state index >= 15 is 0 Å². The smallest absolute Gasteiger partial charge is 0.138 e. The van der Waals surface area contributed by atoms with Crippen LogP contribution in [0, 0.1) is 0 Å². The van der Waals surface area contributed by atoms with Gasteiger partial charge in [-0.25, -0.2) is 9.97 Å². The maximum absolute atomic E-state index is 4.28. The Morgan fingerprint density at radius 2 is 1.89 bits per heavy atom. The van der Waals surface area contributed by atoms with Crippen molar-refractivity contribution in [3.8, 4) is 0 Å². The van der Waals surface area contributed by atoms with Gasteiger partial charge in [-0.2, -0.15) is 0 Å². The Balaban J connectivity index is 2.25. The predicted octanol–water partition coefficient (Wildman–Crippen LogP) is 3.01. The van der Waals surface area contributed by atoms with Gasteiger partial charge in [0.1, 0.15) is 18.0 Å². The molecule has 0 saturated carbocycles. The van der Waals surface area contributed by atoms with Gasteiger partial charge in [-0.3, -0.25) is 0 Å². The van der Waals surface area contributed by atoms with Crippen LogP contribution in [-0.2, 0) is 0 Å². The Hall–Kier alpha value is -1.75. The zero-order valence-electron chi connectivity index (χ0n) is 10.7. The van der Waals surface area contributed by atoms with E-state index < -0.39 is 0 Å². The molecule has 0 aliphatic rings. The molecule has 5 heteroatoms. The van der Waals surface area contributed by atoms with Crippen molar-refractivity contribution >= 4 is 29.1 Å². The number of rotatable bonds is 4. The molecule has 0 unspecified atom stereocenters. The number of hydrogen-bond donors (Lipinski definition) is 1. The van der Waals surface area contributed by atoms with Gasteiger partial charge < -0.3 is 10.2 Å². The first-order chi connectivity index (χ1) is 8.74. The molecule has 1 aromatic carbocycles. The van der Waals surface area contributed by atoms with E-state index in [0.29, 0.717) is 0 Å². The van der Waals surface area contributed by atoms with Crippen molar-refractivity contribution in [1.29, 1.82) is 0 Å². The van der Waals surface area contributed by atoms with Gasteiger partial charge in [-0.15, -0.1) is 11.8 Å². The molecule has 0 radical (unpaired) electrons.